The fraction of sp³-hybridized carbons (Fsp3) is 0.304. The SMILES string of the molecule is COc1cc(C(N)=NC(C)C)ccc1-c1cc2cc(C(N)=NC(C)C)ccc2o1.Cl.Cl. The lowest BCUT2D eigenvalue weighted by molar-refractivity contribution is 0.415. The Labute approximate surface area is 195 Å². The van der Waals surface area contributed by atoms with Gasteiger partial charge in [0.2, 0.25) is 0 Å². The molecule has 0 saturated heterocycles. The van der Waals surface area contributed by atoms with Crippen LogP contribution in [0.1, 0.15) is 38.8 Å². The van der Waals surface area contributed by atoms with Gasteiger partial charge in [0, 0.05) is 28.6 Å². The van der Waals surface area contributed by atoms with E-state index >= 15 is 0 Å². The minimum absolute atomic E-state index is 0. The molecule has 2 aromatic carbocycles. The van der Waals surface area contributed by atoms with Crippen molar-refractivity contribution in [1.82, 2.24) is 0 Å². The van der Waals surface area contributed by atoms with Crippen LogP contribution in [0.3, 0.4) is 0 Å². The number of amidine groups is 2. The monoisotopic (exact) mass is 464 g/mol. The van der Waals surface area contributed by atoms with Gasteiger partial charge in [-0.3, -0.25) is 9.98 Å². The van der Waals surface area contributed by atoms with Crippen molar-refractivity contribution in [3.8, 4) is 17.1 Å². The molecule has 3 rings (SSSR count). The van der Waals surface area contributed by atoms with Gasteiger partial charge in [-0.25, -0.2) is 0 Å². The molecule has 4 N–H and O–H groups in total. The fourth-order valence-corrected chi connectivity index (χ4v) is 3.09. The first-order valence-electron chi connectivity index (χ1n) is 9.67. The first-order chi connectivity index (χ1) is 13.8. The zero-order valence-electron chi connectivity index (χ0n) is 18.4. The van der Waals surface area contributed by atoms with Crippen LogP contribution in [-0.4, -0.2) is 30.9 Å². The summed E-state index contributed by atoms with van der Waals surface area (Å²) in [6.07, 6.45) is 0. The summed E-state index contributed by atoms with van der Waals surface area (Å²) in [6, 6.07) is 13.8. The molecule has 0 aliphatic heterocycles. The predicted octanol–water partition coefficient (Wildman–Crippen LogP) is 5.18. The zero-order valence-corrected chi connectivity index (χ0v) is 20.0. The summed E-state index contributed by atoms with van der Waals surface area (Å²) in [5.41, 5.74) is 15.5. The third-order valence-electron chi connectivity index (χ3n) is 4.37. The second-order valence-electron chi connectivity index (χ2n) is 7.49. The third kappa shape index (κ3) is 6.15. The van der Waals surface area contributed by atoms with Crippen molar-refractivity contribution >= 4 is 47.5 Å². The molecule has 6 nitrogen and oxygen atoms in total. The van der Waals surface area contributed by atoms with E-state index in [4.69, 9.17) is 20.6 Å². The van der Waals surface area contributed by atoms with E-state index in [9.17, 15) is 0 Å². The van der Waals surface area contributed by atoms with Crippen LogP contribution < -0.4 is 16.2 Å². The van der Waals surface area contributed by atoms with Gasteiger partial charge >= 0.3 is 0 Å². The van der Waals surface area contributed by atoms with Crippen LogP contribution in [0.25, 0.3) is 22.3 Å². The molecule has 0 unspecified atom stereocenters. The largest absolute Gasteiger partial charge is 0.496 e. The van der Waals surface area contributed by atoms with Crippen molar-refractivity contribution in [2.24, 2.45) is 21.5 Å². The third-order valence-corrected chi connectivity index (χ3v) is 4.37. The molecule has 3 aromatic rings. The Kier molecular flexibility index (Phi) is 9.40. The summed E-state index contributed by atoms with van der Waals surface area (Å²) in [6.45, 7) is 7.96. The van der Waals surface area contributed by atoms with Crippen LogP contribution in [0, 0.1) is 0 Å². The van der Waals surface area contributed by atoms with Crippen LogP contribution in [0.2, 0.25) is 0 Å². The summed E-state index contributed by atoms with van der Waals surface area (Å²) in [5.74, 6) is 2.38. The lowest BCUT2D eigenvalue weighted by atomic mass is 10.1. The molecular weight excluding hydrogens is 435 g/mol. The van der Waals surface area contributed by atoms with Crippen molar-refractivity contribution in [1.29, 1.82) is 0 Å². The van der Waals surface area contributed by atoms with Crippen molar-refractivity contribution in [3.05, 3.63) is 53.6 Å². The number of furan rings is 1. The molecule has 0 amide bonds. The number of ether oxygens (including phenoxy) is 1. The van der Waals surface area contributed by atoms with Gasteiger partial charge in [0.05, 0.1) is 12.7 Å². The van der Waals surface area contributed by atoms with Gasteiger partial charge in [0.1, 0.15) is 28.8 Å². The Bertz CT molecular complexity index is 1090. The molecule has 0 spiro atoms. The van der Waals surface area contributed by atoms with Crippen LogP contribution in [0.4, 0.5) is 0 Å². The number of halogens is 2. The number of nitrogens with zero attached hydrogens (tertiary/aromatic N) is 2. The van der Waals surface area contributed by atoms with Gasteiger partial charge < -0.3 is 20.6 Å². The van der Waals surface area contributed by atoms with Gasteiger partial charge in [-0.05, 0) is 64.1 Å². The van der Waals surface area contributed by atoms with Crippen LogP contribution >= 0.6 is 24.8 Å². The minimum Gasteiger partial charge on any atom is -0.496 e. The standard InChI is InChI=1S/C23H28N4O2.2ClH/c1-13(2)26-22(24)15-7-9-19-17(10-15)12-21(29-19)18-8-6-16(11-20(18)28-5)23(25)27-14(3)4;;/h6-14H,1-5H3,(H2,24,26)(H2,25,27);2*1H. The summed E-state index contributed by atoms with van der Waals surface area (Å²) in [7, 11) is 1.63. The summed E-state index contributed by atoms with van der Waals surface area (Å²) in [5, 5.41) is 0.950. The molecule has 0 aliphatic rings. The molecule has 1 aromatic heterocycles. The van der Waals surface area contributed by atoms with Crippen molar-refractivity contribution in [2.75, 3.05) is 7.11 Å². The lowest BCUT2D eigenvalue weighted by Crippen LogP contribution is -2.15. The topological polar surface area (TPSA) is 99.1 Å². The maximum atomic E-state index is 6.11. The maximum absolute atomic E-state index is 6.11. The van der Waals surface area contributed by atoms with Gasteiger partial charge in [0.25, 0.3) is 0 Å². The molecule has 0 fully saturated rings. The molecule has 0 saturated carbocycles. The first-order valence-corrected chi connectivity index (χ1v) is 9.67. The van der Waals surface area contributed by atoms with Crippen molar-refractivity contribution in [3.63, 3.8) is 0 Å². The average molecular weight is 465 g/mol. The highest BCUT2D eigenvalue weighted by Crippen LogP contribution is 2.35. The second kappa shape index (κ2) is 11.1. The maximum Gasteiger partial charge on any atom is 0.139 e. The molecule has 168 valence electrons. The van der Waals surface area contributed by atoms with Crippen molar-refractivity contribution in [2.45, 2.75) is 39.8 Å². The number of hydrogen-bond acceptors (Lipinski definition) is 4. The Morgan fingerprint density at radius 2 is 1.39 bits per heavy atom. The van der Waals surface area contributed by atoms with E-state index in [2.05, 4.69) is 9.98 Å². The number of methoxy groups -OCH3 is 1. The molecule has 31 heavy (non-hydrogen) atoms. The van der Waals surface area contributed by atoms with Crippen LogP contribution in [-0.2, 0) is 0 Å². The van der Waals surface area contributed by atoms with Gasteiger partial charge in [-0.15, -0.1) is 24.8 Å². The van der Waals surface area contributed by atoms with E-state index in [1.807, 2.05) is 70.2 Å². The first kappa shape index (κ1) is 26.3. The van der Waals surface area contributed by atoms with Gasteiger partial charge in [-0.1, -0.05) is 6.07 Å². The molecule has 1 heterocycles. The molecule has 0 aliphatic carbocycles. The van der Waals surface area contributed by atoms with E-state index in [1.54, 1.807) is 7.11 Å². The van der Waals surface area contributed by atoms with Crippen LogP contribution in [0.15, 0.2) is 56.9 Å². The Balaban J connectivity index is 0.00000240. The highest BCUT2D eigenvalue weighted by Gasteiger charge is 2.14. The fourth-order valence-electron chi connectivity index (χ4n) is 3.09. The molecule has 0 atom stereocenters. The van der Waals surface area contributed by atoms with E-state index in [0.29, 0.717) is 23.2 Å². The van der Waals surface area contributed by atoms with E-state index in [1.165, 1.54) is 0 Å². The molecule has 0 bridgehead atoms. The number of benzene rings is 2. The van der Waals surface area contributed by atoms with Crippen molar-refractivity contribution < 1.29 is 9.15 Å². The smallest absolute Gasteiger partial charge is 0.139 e. The highest BCUT2D eigenvalue weighted by atomic mass is 35.5. The number of nitrogens with two attached hydrogens (primary N) is 2. The number of hydrogen-bond donors (Lipinski definition) is 2. The summed E-state index contributed by atoms with van der Waals surface area (Å²) >= 11 is 0. The predicted molar refractivity (Wildman–Crippen MR) is 134 cm³/mol. The van der Waals surface area contributed by atoms with E-state index < -0.39 is 0 Å². The quantitative estimate of drug-likeness (QED) is 0.387. The molecule has 8 heteroatoms. The molecule has 0 radical (unpaired) electrons. The van der Waals surface area contributed by atoms with E-state index in [-0.39, 0.29) is 36.9 Å². The number of fused-ring (bicyclic) bond motifs is 1. The second-order valence-corrected chi connectivity index (χ2v) is 7.49. The number of aliphatic imine (C=N–C) groups is 2. The normalized spacial score (nSPS) is 12.1. The Morgan fingerprint density at radius 3 is 1.94 bits per heavy atom. The molecular formula is C23H30Cl2N4O2. The minimum atomic E-state index is 0. The van der Waals surface area contributed by atoms with Gasteiger partial charge in [-0.2, -0.15) is 0 Å². The lowest BCUT2D eigenvalue weighted by Gasteiger charge is -2.09. The van der Waals surface area contributed by atoms with Crippen LogP contribution in [0.5, 0.6) is 5.75 Å². The van der Waals surface area contributed by atoms with Gasteiger partial charge in [0.15, 0.2) is 0 Å². The summed E-state index contributed by atoms with van der Waals surface area (Å²) < 4.78 is 11.6. The number of rotatable bonds is 6. The average Bonchev–Trinajstić information content (AvgIpc) is 3.09. The highest BCUT2D eigenvalue weighted by molar-refractivity contribution is 6.01. The zero-order chi connectivity index (χ0) is 21.1. The Hall–Kier alpha value is -2.70. The summed E-state index contributed by atoms with van der Waals surface area (Å²) in [4.78, 5) is 8.81. The Morgan fingerprint density at radius 1 is 0.839 bits per heavy atom. The van der Waals surface area contributed by atoms with E-state index in [0.717, 1.165) is 27.7 Å².